The first kappa shape index (κ1) is 35.1. The lowest BCUT2D eigenvalue weighted by Gasteiger charge is -2.11. The van der Waals surface area contributed by atoms with Crippen molar-refractivity contribution in [2.75, 3.05) is 0 Å². The highest BCUT2D eigenvalue weighted by Crippen LogP contribution is 2.34. The number of aromatic nitrogens is 6. The van der Waals surface area contributed by atoms with E-state index in [1.807, 2.05) is 164 Å². The zero-order valence-corrected chi connectivity index (χ0v) is 31.3. The molecule has 8 heteroatoms. The third-order valence-electron chi connectivity index (χ3n) is 9.29. The van der Waals surface area contributed by atoms with E-state index in [1.54, 1.807) is 11.8 Å². The van der Waals surface area contributed by atoms with E-state index in [1.165, 1.54) is 0 Å². The molecule has 0 aliphatic heterocycles. The van der Waals surface area contributed by atoms with Crippen molar-refractivity contribution in [1.29, 1.82) is 5.26 Å². The number of nitriles is 1. The van der Waals surface area contributed by atoms with E-state index in [0.717, 1.165) is 54.3 Å². The standard InChI is InChI=1S/C49H31N7S/c50-32-40-20-10-11-25-43(40)33-26-28-37(29-27-33)47-52-46(36-18-8-3-9-19-36)55-49(56-47)39-22-13-24-42(31-39)57-41-23-12-21-38(30-41)48-53-44(34-14-4-1-5-15-34)51-45(54-48)35-16-6-2-7-17-35/h1-31H. The second-order valence-corrected chi connectivity index (χ2v) is 14.2. The van der Waals surface area contributed by atoms with Crippen LogP contribution in [0.25, 0.3) is 79.5 Å². The van der Waals surface area contributed by atoms with Crippen molar-refractivity contribution in [3.05, 3.63) is 194 Å². The maximum atomic E-state index is 9.66. The molecule has 268 valence electrons. The van der Waals surface area contributed by atoms with Gasteiger partial charge in [0.15, 0.2) is 34.9 Å². The average Bonchev–Trinajstić information content (AvgIpc) is 3.30. The summed E-state index contributed by atoms with van der Waals surface area (Å²) in [4.78, 5) is 31.6. The fourth-order valence-corrected chi connectivity index (χ4v) is 7.39. The molecule has 0 bridgehead atoms. The van der Waals surface area contributed by atoms with Crippen molar-refractivity contribution in [3.63, 3.8) is 0 Å². The van der Waals surface area contributed by atoms with Gasteiger partial charge in [-0.3, -0.25) is 0 Å². The quantitative estimate of drug-likeness (QED) is 0.144. The largest absolute Gasteiger partial charge is 0.208 e. The Kier molecular flexibility index (Phi) is 9.87. The lowest BCUT2D eigenvalue weighted by Crippen LogP contribution is -2.00. The number of hydrogen-bond donors (Lipinski definition) is 0. The second kappa shape index (κ2) is 16.0. The van der Waals surface area contributed by atoms with Crippen molar-refractivity contribution in [2.24, 2.45) is 0 Å². The smallest absolute Gasteiger partial charge is 0.164 e. The fraction of sp³-hybridized carbons (Fsp3) is 0. The van der Waals surface area contributed by atoms with Gasteiger partial charge in [0.05, 0.1) is 11.6 Å². The van der Waals surface area contributed by atoms with E-state index in [9.17, 15) is 5.26 Å². The first-order valence-corrected chi connectivity index (χ1v) is 19.2. The van der Waals surface area contributed by atoms with Crippen LogP contribution in [-0.2, 0) is 0 Å². The molecule has 0 N–H and O–H groups in total. The molecule has 0 spiro atoms. The Morgan fingerprint density at radius 2 is 0.649 bits per heavy atom. The van der Waals surface area contributed by atoms with Gasteiger partial charge < -0.3 is 0 Å². The molecule has 0 aliphatic carbocycles. The van der Waals surface area contributed by atoms with Gasteiger partial charge in [-0.2, -0.15) is 5.26 Å². The van der Waals surface area contributed by atoms with Gasteiger partial charge in [-0.05, 0) is 41.5 Å². The molecule has 2 aromatic heterocycles. The minimum atomic E-state index is 0.562. The highest BCUT2D eigenvalue weighted by molar-refractivity contribution is 7.99. The van der Waals surface area contributed by atoms with Crippen molar-refractivity contribution >= 4 is 11.8 Å². The van der Waals surface area contributed by atoms with E-state index >= 15 is 0 Å². The van der Waals surface area contributed by atoms with Crippen LogP contribution in [0.2, 0.25) is 0 Å². The molecule has 2 heterocycles. The lowest BCUT2D eigenvalue weighted by molar-refractivity contribution is 1.07. The van der Waals surface area contributed by atoms with Crippen molar-refractivity contribution in [3.8, 4) is 85.5 Å². The summed E-state index contributed by atoms with van der Waals surface area (Å²) in [6.45, 7) is 0. The molecule has 0 aliphatic rings. The van der Waals surface area contributed by atoms with Crippen LogP contribution in [0.3, 0.4) is 0 Å². The Bertz CT molecular complexity index is 2820. The maximum absolute atomic E-state index is 9.66. The van der Waals surface area contributed by atoms with Gasteiger partial charge in [0.1, 0.15) is 0 Å². The van der Waals surface area contributed by atoms with E-state index in [2.05, 4.69) is 30.3 Å². The van der Waals surface area contributed by atoms with Crippen LogP contribution in [-0.4, -0.2) is 29.9 Å². The topological polar surface area (TPSA) is 101 Å². The molecule has 7 nitrogen and oxygen atoms in total. The predicted molar refractivity (Wildman–Crippen MR) is 227 cm³/mol. The van der Waals surface area contributed by atoms with Crippen LogP contribution in [0.1, 0.15) is 5.56 Å². The minimum Gasteiger partial charge on any atom is -0.208 e. The Hall–Kier alpha value is -7.60. The van der Waals surface area contributed by atoms with Gasteiger partial charge in [0.25, 0.3) is 0 Å². The van der Waals surface area contributed by atoms with Gasteiger partial charge in [-0.15, -0.1) is 0 Å². The lowest BCUT2D eigenvalue weighted by atomic mass is 9.99. The summed E-state index contributed by atoms with van der Waals surface area (Å²) in [7, 11) is 0. The van der Waals surface area contributed by atoms with Crippen LogP contribution in [0.4, 0.5) is 0 Å². The number of benzene rings is 7. The SMILES string of the molecule is N#Cc1ccccc1-c1ccc(-c2nc(-c3ccccc3)nc(-c3cccc(Sc4cccc(-c5nc(-c6ccccc6)nc(-c6ccccc6)n5)c4)c3)n2)cc1. The minimum absolute atomic E-state index is 0.562. The van der Waals surface area contributed by atoms with Crippen molar-refractivity contribution in [2.45, 2.75) is 9.79 Å². The van der Waals surface area contributed by atoms with E-state index in [-0.39, 0.29) is 0 Å². The third kappa shape index (κ3) is 7.82. The fourth-order valence-electron chi connectivity index (χ4n) is 6.45. The molecule has 57 heavy (non-hydrogen) atoms. The summed E-state index contributed by atoms with van der Waals surface area (Å²) in [5, 5.41) is 9.66. The van der Waals surface area contributed by atoms with Gasteiger partial charge >= 0.3 is 0 Å². The maximum Gasteiger partial charge on any atom is 0.164 e. The van der Waals surface area contributed by atoms with Gasteiger partial charge in [0.2, 0.25) is 0 Å². The molecule has 0 atom stereocenters. The predicted octanol–water partition coefficient (Wildman–Crippen LogP) is 11.7. The number of rotatable bonds is 9. The van der Waals surface area contributed by atoms with E-state index < -0.39 is 0 Å². The van der Waals surface area contributed by atoms with Crippen LogP contribution in [0.5, 0.6) is 0 Å². The molecule has 9 rings (SSSR count). The number of nitrogens with zero attached hydrogens (tertiary/aromatic N) is 7. The van der Waals surface area contributed by atoms with E-state index in [4.69, 9.17) is 29.9 Å². The number of hydrogen-bond acceptors (Lipinski definition) is 8. The third-order valence-corrected chi connectivity index (χ3v) is 10.3. The molecule has 9 aromatic rings. The Labute approximate surface area is 334 Å². The molecule has 0 saturated heterocycles. The highest BCUT2D eigenvalue weighted by atomic mass is 32.2. The molecule has 0 unspecified atom stereocenters. The molecule has 0 saturated carbocycles. The van der Waals surface area contributed by atoms with Gasteiger partial charge in [-0.1, -0.05) is 169 Å². The molecule has 0 fully saturated rings. The first-order valence-electron chi connectivity index (χ1n) is 18.3. The van der Waals surface area contributed by atoms with E-state index in [0.29, 0.717) is 40.5 Å². The summed E-state index contributed by atoms with van der Waals surface area (Å²) in [5.41, 5.74) is 7.82. The van der Waals surface area contributed by atoms with Crippen molar-refractivity contribution in [1.82, 2.24) is 29.9 Å². The second-order valence-electron chi connectivity index (χ2n) is 13.1. The summed E-state index contributed by atoms with van der Waals surface area (Å²) < 4.78 is 0. The van der Waals surface area contributed by atoms with Gasteiger partial charge in [-0.25, -0.2) is 29.9 Å². The summed E-state index contributed by atoms with van der Waals surface area (Å²) in [6, 6.07) is 64.3. The molecule has 7 aromatic carbocycles. The van der Waals surface area contributed by atoms with Crippen LogP contribution in [0.15, 0.2) is 198 Å². The molecular formula is C49H31N7S. The Morgan fingerprint density at radius 1 is 0.316 bits per heavy atom. The zero-order valence-electron chi connectivity index (χ0n) is 30.4. The summed E-state index contributed by atoms with van der Waals surface area (Å²) in [6.07, 6.45) is 0. The normalized spacial score (nSPS) is 10.9. The Balaban J connectivity index is 1.05. The Morgan fingerprint density at radius 3 is 1.07 bits per heavy atom. The van der Waals surface area contributed by atoms with Crippen LogP contribution in [0, 0.1) is 11.3 Å². The molecular weight excluding hydrogens is 719 g/mol. The molecule has 0 radical (unpaired) electrons. The van der Waals surface area contributed by atoms with Crippen molar-refractivity contribution < 1.29 is 0 Å². The average molecular weight is 750 g/mol. The zero-order chi connectivity index (χ0) is 38.4. The summed E-state index contributed by atoms with van der Waals surface area (Å²) >= 11 is 1.64. The summed E-state index contributed by atoms with van der Waals surface area (Å²) in [5.74, 6) is 3.57. The van der Waals surface area contributed by atoms with Gasteiger partial charge in [0, 0.05) is 43.2 Å². The molecule has 0 amide bonds. The van der Waals surface area contributed by atoms with Crippen LogP contribution < -0.4 is 0 Å². The first-order chi connectivity index (χ1) is 28.2. The monoisotopic (exact) mass is 749 g/mol. The van der Waals surface area contributed by atoms with Crippen LogP contribution >= 0.6 is 11.8 Å². The highest BCUT2D eigenvalue weighted by Gasteiger charge is 2.15.